The monoisotopic (exact) mass is 444 g/mol. The molecule has 2 aromatic rings. The third kappa shape index (κ3) is 4.76. The summed E-state index contributed by atoms with van der Waals surface area (Å²) in [6.07, 6.45) is 1.33. The van der Waals surface area contributed by atoms with E-state index in [2.05, 4.69) is 9.97 Å². The van der Waals surface area contributed by atoms with E-state index in [9.17, 15) is 19.2 Å². The second kappa shape index (κ2) is 9.67. The van der Waals surface area contributed by atoms with Gasteiger partial charge in [-0.05, 0) is 37.7 Å². The maximum Gasteiger partial charge on any atom is 0.330 e. The first-order chi connectivity index (χ1) is 15.1. The molecule has 1 fully saturated rings. The summed E-state index contributed by atoms with van der Waals surface area (Å²) in [5.41, 5.74) is -0.108. The molecule has 1 aliphatic rings. The minimum Gasteiger partial charge on any atom is -0.466 e. The van der Waals surface area contributed by atoms with Crippen molar-refractivity contribution in [3.8, 4) is 0 Å². The Labute approximate surface area is 186 Å². The fraction of sp³-hybridized carbons (Fsp3) is 0.609. The molecule has 0 spiro atoms. The molecule has 174 valence electrons. The van der Waals surface area contributed by atoms with E-state index in [0.717, 1.165) is 0 Å². The van der Waals surface area contributed by atoms with Crippen LogP contribution in [0.25, 0.3) is 11.0 Å². The van der Waals surface area contributed by atoms with Gasteiger partial charge in [0.15, 0.2) is 5.65 Å². The van der Waals surface area contributed by atoms with Crippen molar-refractivity contribution in [2.75, 3.05) is 19.7 Å². The van der Waals surface area contributed by atoms with E-state index in [1.807, 2.05) is 27.7 Å². The number of esters is 1. The second-order valence-corrected chi connectivity index (χ2v) is 9.05. The van der Waals surface area contributed by atoms with E-state index in [1.54, 1.807) is 17.9 Å². The summed E-state index contributed by atoms with van der Waals surface area (Å²) in [6, 6.07) is 1.64. The third-order valence-electron chi connectivity index (χ3n) is 5.67. The van der Waals surface area contributed by atoms with Gasteiger partial charge >= 0.3 is 11.7 Å². The van der Waals surface area contributed by atoms with Crippen LogP contribution in [-0.2, 0) is 16.1 Å². The van der Waals surface area contributed by atoms with Crippen LogP contribution in [0.4, 0.5) is 0 Å². The number of carbonyl (C=O) groups is 2. The number of aromatic amines is 1. The molecule has 9 nitrogen and oxygen atoms in total. The third-order valence-corrected chi connectivity index (χ3v) is 5.67. The Morgan fingerprint density at radius 2 is 1.97 bits per heavy atom. The Bertz CT molecular complexity index is 1130. The molecule has 1 saturated heterocycles. The lowest BCUT2D eigenvalue weighted by molar-refractivity contribution is -0.149. The fourth-order valence-corrected chi connectivity index (χ4v) is 4.08. The number of pyridine rings is 1. The Morgan fingerprint density at radius 3 is 2.59 bits per heavy atom. The van der Waals surface area contributed by atoms with E-state index in [0.29, 0.717) is 38.2 Å². The molecule has 0 aromatic carbocycles. The Hall–Kier alpha value is -2.97. The minimum atomic E-state index is -0.630. The van der Waals surface area contributed by atoms with Crippen LogP contribution in [0.15, 0.2) is 15.7 Å². The van der Waals surface area contributed by atoms with E-state index >= 15 is 0 Å². The fourth-order valence-electron chi connectivity index (χ4n) is 4.08. The van der Waals surface area contributed by atoms with Crippen LogP contribution < -0.4 is 11.2 Å². The average Bonchev–Trinajstić information content (AvgIpc) is 2.75. The summed E-state index contributed by atoms with van der Waals surface area (Å²) in [5.74, 6) is -0.910. The van der Waals surface area contributed by atoms with E-state index < -0.39 is 11.2 Å². The highest BCUT2D eigenvalue weighted by Gasteiger charge is 2.31. The van der Waals surface area contributed by atoms with Gasteiger partial charge < -0.3 is 9.64 Å². The first-order valence-electron chi connectivity index (χ1n) is 11.3. The number of H-pyrrole nitrogens is 1. The van der Waals surface area contributed by atoms with Crippen LogP contribution >= 0.6 is 0 Å². The average molecular weight is 445 g/mol. The summed E-state index contributed by atoms with van der Waals surface area (Å²) >= 11 is 0. The van der Waals surface area contributed by atoms with Crippen LogP contribution in [0.3, 0.4) is 0 Å². The van der Waals surface area contributed by atoms with E-state index in [-0.39, 0.29) is 52.8 Å². The quantitative estimate of drug-likeness (QED) is 0.684. The number of amides is 1. The van der Waals surface area contributed by atoms with Crippen molar-refractivity contribution in [1.29, 1.82) is 0 Å². The van der Waals surface area contributed by atoms with Crippen LogP contribution in [0.1, 0.15) is 69.4 Å². The number of carbonyl (C=O) groups excluding carboxylic acids is 2. The number of ether oxygens (including phenoxy) is 1. The van der Waals surface area contributed by atoms with E-state index in [4.69, 9.17) is 4.74 Å². The highest BCUT2D eigenvalue weighted by atomic mass is 16.5. The SMILES string of the molecule is CCOC(=O)C1CCCN(C(=O)c2cc(C(C)C)nc3c2c(=O)[nH]c(=O)n3CC(C)C)C1. The number of nitrogens with zero attached hydrogens (tertiary/aromatic N) is 3. The largest absolute Gasteiger partial charge is 0.466 e. The molecule has 2 aromatic heterocycles. The zero-order valence-electron chi connectivity index (χ0n) is 19.4. The molecular weight excluding hydrogens is 412 g/mol. The van der Waals surface area contributed by atoms with Gasteiger partial charge in [-0.3, -0.25) is 23.9 Å². The zero-order valence-corrected chi connectivity index (χ0v) is 19.4. The van der Waals surface area contributed by atoms with Crippen LogP contribution in [0.5, 0.6) is 0 Å². The molecule has 0 radical (unpaired) electrons. The highest BCUT2D eigenvalue weighted by molar-refractivity contribution is 6.05. The topological polar surface area (TPSA) is 114 Å². The molecule has 0 bridgehead atoms. The lowest BCUT2D eigenvalue weighted by atomic mass is 9.96. The normalized spacial score (nSPS) is 16.7. The van der Waals surface area contributed by atoms with Gasteiger partial charge in [0.25, 0.3) is 11.5 Å². The molecule has 32 heavy (non-hydrogen) atoms. The second-order valence-electron chi connectivity index (χ2n) is 9.05. The molecule has 1 amide bonds. The summed E-state index contributed by atoms with van der Waals surface area (Å²) in [6.45, 7) is 10.9. The predicted octanol–water partition coefficient (Wildman–Crippen LogP) is 2.28. The number of nitrogens with one attached hydrogen (secondary N) is 1. The number of likely N-dealkylation sites (tertiary alicyclic amines) is 1. The lowest BCUT2D eigenvalue weighted by Gasteiger charge is -2.32. The first kappa shape index (κ1) is 23.7. The minimum absolute atomic E-state index is 0.0125. The van der Waals surface area contributed by atoms with Crippen molar-refractivity contribution in [2.45, 2.75) is 59.9 Å². The number of piperidine rings is 1. The molecular formula is C23H32N4O5. The molecule has 9 heteroatoms. The van der Waals surface area contributed by atoms with Crippen molar-refractivity contribution < 1.29 is 14.3 Å². The molecule has 1 atom stereocenters. The summed E-state index contributed by atoms with van der Waals surface area (Å²) in [7, 11) is 0. The highest BCUT2D eigenvalue weighted by Crippen LogP contribution is 2.24. The number of fused-ring (bicyclic) bond motifs is 1. The summed E-state index contributed by atoms with van der Waals surface area (Å²) in [4.78, 5) is 59.8. The van der Waals surface area contributed by atoms with Gasteiger partial charge in [-0.25, -0.2) is 9.78 Å². The number of rotatable bonds is 6. The van der Waals surface area contributed by atoms with Gasteiger partial charge in [0.1, 0.15) is 0 Å². The lowest BCUT2D eigenvalue weighted by Crippen LogP contribution is -2.43. The van der Waals surface area contributed by atoms with Gasteiger partial charge in [-0.2, -0.15) is 0 Å². The van der Waals surface area contributed by atoms with Crippen molar-refractivity contribution >= 4 is 22.9 Å². The number of aromatic nitrogens is 3. The molecule has 1 unspecified atom stereocenters. The van der Waals surface area contributed by atoms with Crippen molar-refractivity contribution in [3.63, 3.8) is 0 Å². The first-order valence-corrected chi connectivity index (χ1v) is 11.3. The zero-order chi connectivity index (χ0) is 23.6. The van der Waals surface area contributed by atoms with Gasteiger partial charge in [0, 0.05) is 25.3 Å². The van der Waals surface area contributed by atoms with Gasteiger partial charge in [0.05, 0.1) is 23.5 Å². The molecule has 3 heterocycles. The van der Waals surface area contributed by atoms with Gasteiger partial charge in [-0.1, -0.05) is 27.7 Å². The molecule has 3 rings (SSSR count). The Morgan fingerprint density at radius 1 is 1.25 bits per heavy atom. The van der Waals surface area contributed by atoms with E-state index in [1.165, 1.54) is 4.57 Å². The number of hydrogen-bond acceptors (Lipinski definition) is 6. The van der Waals surface area contributed by atoms with Crippen LogP contribution in [0, 0.1) is 11.8 Å². The predicted molar refractivity (Wildman–Crippen MR) is 121 cm³/mol. The van der Waals surface area contributed by atoms with Crippen molar-refractivity contribution in [2.24, 2.45) is 11.8 Å². The number of hydrogen-bond donors (Lipinski definition) is 1. The Kier molecular flexibility index (Phi) is 7.16. The van der Waals surface area contributed by atoms with Gasteiger partial charge in [-0.15, -0.1) is 0 Å². The summed E-state index contributed by atoms with van der Waals surface area (Å²) in [5, 5.41) is 0.109. The molecule has 1 N–H and O–H groups in total. The van der Waals surface area contributed by atoms with Crippen molar-refractivity contribution in [1.82, 2.24) is 19.4 Å². The van der Waals surface area contributed by atoms with Crippen LogP contribution in [0.2, 0.25) is 0 Å². The molecule has 0 aliphatic carbocycles. The summed E-state index contributed by atoms with van der Waals surface area (Å²) < 4.78 is 6.57. The molecule has 0 saturated carbocycles. The standard InChI is InChI=1S/C23H32N4O5/c1-6-32-22(30)15-8-7-9-26(12-15)21(29)16-10-17(14(4)5)24-19-18(16)20(28)25-23(31)27(19)11-13(2)3/h10,13-15H,6-9,11-12H2,1-5H3,(H,25,28,31). The molecule has 1 aliphatic heterocycles. The van der Waals surface area contributed by atoms with Crippen LogP contribution in [-0.4, -0.2) is 51.0 Å². The van der Waals surface area contributed by atoms with Gasteiger partial charge in [0.2, 0.25) is 0 Å². The smallest absolute Gasteiger partial charge is 0.330 e. The maximum absolute atomic E-state index is 13.6. The maximum atomic E-state index is 13.6. The van der Waals surface area contributed by atoms with Crippen molar-refractivity contribution in [3.05, 3.63) is 38.2 Å². The Balaban J connectivity index is 2.14.